The number of benzene rings is 1. The third kappa shape index (κ3) is 4.91. The summed E-state index contributed by atoms with van der Waals surface area (Å²) in [7, 11) is 0. The zero-order chi connectivity index (χ0) is 21.8. The smallest absolute Gasteiger partial charge is 0.253 e. The number of piperidine rings is 1. The van der Waals surface area contributed by atoms with Crippen LogP contribution < -0.4 is 5.32 Å². The molecule has 0 bridgehead atoms. The van der Waals surface area contributed by atoms with Crippen LogP contribution in [0.5, 0.6) is 0 Å². The van der Waals surface area contributed by atoms with Crippen molar-refractivity contribution in [2.75, 3.05) is 19.3 Å². The molecule has 2 aliphatic rings. The Morgan fingerprint density at radius 1 is 1.23 bits per heavy atom. The first-order chi connectivity index (χ1) is 15.1. The molecular weight excluding hydrogens is 408 g/mol. The van der Waals surface area contributed by atoms with Crippen LogP contribution in [0, 0.1) is 11.3 Å². The third-order valence-electron chi connectivity index (χ3n) is 5.82. The molecule has 4 rings (SSSR count). The molecule has 1 aromatic carbocycles. The fraction of sp³-hybridized carbons (Fsp3) is 0.417. The molecule has 1 aliphatic carbocycles. The maximum absolute atomic E-state index is 13.0. The Kier molecular flexibility index (Phi) is 6.57. The van der Waals surface area contributed by atoms with Crippen molar-refractivity contribution in [1.82, 2.24) is 15.2 Å². The number of hydrogen-bond acceptors (Lipinski definition) is 5. The summed E-state index contributed by atoms with van der Waals surface area (Å²) in [4.78, 5) is 32.2. The molecule has 0 unspecified atom stereocenters. The van der Waals surface area contributed by atoms with Crippen LogP contribution in [-0.4, -0.2) is 41.0 Å². The number of nitriles is 1. The topological polar surface area (TPSA) is 86.1 Å². The zero-order valence-electron chi connectivity index (χ0n) is 17.7. The van der Waals surface area contributed by atoms with E-state index in [0.717, 1.165) is 50.0 Å². The van der Waals surface area contributed by atoms with E-state index in [-0.39, 0.29) is 11.8 Å². The molecule has 0 radical (unpaired) electrons. The molecule has 2 amide bonds. The summed E-state index contributed by atoms with van der Waals surface area (Å²) in [5, 5.41) is 13.1. The third-order valence-corrected chi connectivity index (χ3v) is 6.50. The zero-order valence-corrected chi connectivity index (χ0v) is 18.5. The van der Waals surface area contributed by atoms with Crippen molar-refractivity contribution in [2.45, 2.75) is 49.6 Å². The lowest BCUT2D eigenvalue weighted by Crippen LogP contribution is -2.35. The predicted octanol–water partition coefficient (Wildman–Crippen LogP) is 4.11. The van der Waals surface area contributed by atoms with Gasteiger partial charge in [0, 0.05) is 36.8 Å². The number of aromatic nitrogens is 1. The van der Waals surface area contributed by atoms with E-state index in [1.807, 2.05) is 35.4 Å². The Labute approximate surface area is 187 Å². The van der Waals surface area contributed by atoms with Crippen LogP contribution in [0.1, 0.15) is 75.6 Å². The van der Waals surface area contributed by atoms with E-state index in [2.05, 4.69) is 16.4 Å². The van der Waals surface area contributed by atoms with E-state index < -0.39 is 0 Å². The van der Waals surface area contributed by atoms with E-state index in [9.17, 15) is 14.9 Å². The van der Waals surface area contributed by atoms with Gasteiger partial charge in [-0.05, 0) is 62.1 Å². The molecule has 2 aromatic rings. The first-order valence-corrected chi connectivity index (χ1v) is 12.0. The van der Waals surface area contributed by atoms with Gasteiger partial charge in [-0.3, -0.25) is 9.59 Å². The van der Waals surface area contributed by atoms with Crippen LogP contribution in [0.3, 0.4) is 0 Å². The average Bonchev–Trinajstić information content (AvgIpc) is 3.67. The quantitative estimate of drug-likeness (QED) is 0.692. The van der Waals surface area contributed by atoms with E-state index >= 15 is 0 Å². The highest BCUT2D eigenvalue weighted by Crippen LogP contribution is 2.40. The number of thioether (sulfide) groups is 1. The van der Waals surface area contributed by atoms with Crippen molar-refractivity contribution in [3.8, 4) is 6.07 Å². The van der Waals surface area contributed by atoms with Gasteiger partial charge < -0.3 is 10.2 Å². The molecule has 1 N–H and O–H groups in total. The van der Waals surface area contributed by atoms with Gasteiger partial charge in [0.25, 0.3) is 11.8 Å². The predicted molar refractivity (Wildman–Crippen MR) is 120 cm³/mol. The molecule has 6 nitrogen and oxygen atoms in total. The number of carbonyl (C=O) groups excluding carboxylic acids is 2. The normalized spacial score (nSPS) is 15.9. The largest absolute Gasteiger partial charge is 0.348 e. The van der Waals surface area contributed by atoms with Gasteiger partial charge in [-0.2, -0.15) is 5.26 Å². The highest BCUT2D eigenvalue weighted by atomic mass is 32.2. The second-order valence-electron chi connectivity index (χ2n) is 8.10. The second-order valence-corrected chi connectivity index (χ2v) is 8.90. The van der Waals surface area contributed by atoms with Crippen LogP contribution in [-0.2, 0) is 6.54 Å². The van der Waals surface area contributed by atoms with Crippen molar-refractivity contribution in [3.63, 3.8) is 0 Å². The number of hydrogen-bond donors (Lipinski definition) is 1. The van der Waals surface area contributed by atoms with Gasteiger partial charge in [0.05, 0.1) is 11.1 Å². The molecule has 1 aromatic heterocycles. The van der Waals surface area contributed by atoms with Gasteiger partial charge in [-0.25, -0.2) is 4.98 Å². The molecule has 7 heteroatoms. The van der Waals surface area contributed by atoms with Gasteiger partial charge in [-0.15, -0.1) is 11.8 Å². The number of pyridine rings is 1. The fourth-order valence-corrected chi connectivity index (χ4v) is 4.49. The summed E-state index contributed by atoms with van der Waals surface area (Å²) in [6.45, 7) is 1.90. The molecule has 0 atom stereocenters. The van der Waals surface area contributed by atoms with Crippen LogP contribution in [0.15, 0.2) is 35.4 Å². The Morgan fingerprint density at radius 2 is 2.00 bits per heavy atom. The first-order valence-electron chi connectivity index (χ1n) is 10.8. The molecule has 2 fully saturated rings. The van der Waals surface area contributed by atoms with Crippen molar-refractivity contribution in [3.05, 3.63) is 58.3 Å². The second kappa shape index (κ2) is 9.52. The average molecular weight is 435 g/mol. The Balaban J connectivity index is 1.48. The summed E-state index contributed by atoms with van der Waals surface area (Å²) in [5.41, 5.74) is 3.10. The van der Waals surface area contributed by atoms with E-state index in [1.165, 1.54) is 18.2 Å². The SMILES string of the molecule is CSc1nc(C2CC2)cc(C(=O)NCc2cccc(C(=O)N3CCCCC3)c2)c1C#N. The minimum Gasteiger partial charge on any atom is -0.348 e. The molecule has 1 saturated carbocycles. The number of carbonyl (C=O) groups is 2. The molecule has 1 aliphatic heterocycles. The minimum absolute atomic E-state index is 0.0486. The van der Waals surface area contributed by atoms with Gasteiger partial charge >= 0.3 is 0 Å². The minimum atomic E-state index is -0.288. The first kappa shape index (κ1) is 21.4. The summed E-state index contributed by atoms with van der Waals surface area (Å²) in [5.74, 6) is 0.152. The van der Waals surface area contributed by atoms with E-state index in [1.54, 1.807) is 6.07 Å². The molecular formula is C24H26N4O2S. The molecule has 0 spiro atoms. The maximum Gasteiger partial charge on any atom is 0.253 e. The Morgan fingerprint density at radius 3 is 2.68 bits per heavy atom. The lowest BCUT2D eigenvalue weighted by atomic mass is 10.1. The summed E-state index contributed by atoms with van der Waals surface area (Å²) in [6.07, 6.45) is 7.30. The number of likely N-dealkylation sites (tertiary alicyclic amines) is 1. The number of nitrogens with zero attached hydrogens (tertiary/aromatic N) is 3. The maximum atomic E-state index is 13.0. The van der Waals surface area contributed by atoms with Crippen molar-refractivity contribution >= 4 is 23.6 Å². The number of nitrogens with one attached hydrogen (secondary N) is 1. The fourth-order valence-electron chi connectivity index (χ4n) is 3.94. The van der Waals surface area contributed by atoms with Gasteiger partial charge in [0.1, 0.15) is 11.1 Å². The monoisotopic (exact) mass is 434 g/mol. The van der Waals surface area contributed by atoms with Crippen LogP contribution in [0.25, 0.3) is 0 Å². The molecule has 160 valence electrons. The highest BCUT2D eigenvalue weighted by Gasteiger charge is 2.28. The van der Waals surface area contributed by atoms with Crippen molar-refractivity contribution < 1.29 is 9.59 Å². The van der Waals surface area contributed by atoms with Crippen LogP contribution in [0.4, 0.5) is 0 Å². The molecule has 1 saturated heterocycles. The van der Waals surface area contributed by atoms with Crippen molar-refractivity contribution in [2.24, 2.45) is 0 Å². The number of rotatable bonds is 6. The lowest BCUT2D eigenvalue weighted by molar-refractivity contribution is 0.0724. The highest BCUT2D eigenvalue weighted by molar-refractivity contribution is 7.98. The standard InChI is InChI=1S/C24H26N4O2S/c1-31-23-20(14-25)19(13-21(27-23)17-8-9-17)22(29)26-15-16-6-5-7-18(12-16)24(30)28-10-3-2-4-11-28/h5-7,12-13,17H,2-4,8-11,15H2,1H3,(H,26,29). The van der Waals surface area contributed by atoms with Gasteiger partial charge in [-0.1, -0.05) is 12.1 Å². The molecule has 31 heavy (non-hydrogen) atoms. The van der Waals surface area contributed by atoms with Crippen LogP contribution >= 0.6 is 11.8 Å². The summed E-state index contributed by atoms with van der Waals surface area (Å²) < 4.78 is 0. The summed E-state index contributed by atoms with van der Waals surface area (Å²) >= 11 is 1.39. The van der Waals surface area contributed by atoms with E-state index in [0.29, 0.717) is 34.2 Å². The van der Waals surface area contributed by atoms with Crippen molar-refractivity contribution in [1.29, 1.82) is 5.26 Å². The number of amides is 2. The van der Waals surface area contributed by atoms with Gasteiger partial charge in [0.2, 0.25) is 0 Å². The van der Waals surface area contributed by atoms with Gasteiger partial charge in [0.15, 0.2) is 0 Å². The summed E-state index contributed by atoms with van der Waals surface area (Å²) in [6, 6.07) is 11.3. The Hall–Kier alpha value is -2.85. The van der Waals surface area contributed by atoms with E-state index in [4.69, 9.17) is 0 Å². The lowest BCUT2D eigenvalue weighted by Gasteiger charge is -2.26. The van der Waals surface area contributed by atoms with Crippen LogP contribution in [0.2, 0.25) is 0 Å². The Bertz CT molecular complexity index is 1040. The molecule has 2 heterocycles.